The first-order valence-electron chi connectivity index (χ1n) is 14.9. The number of amides is 2. The van der Waals surface area contributed by atoms with Gasteiger partial charge in [-0.1, -0.05) is 55.7 Å². The van der Waals surface area contributed by atoms with Crippen LogP contribution >= 0.6 is 0 Å². The van der Waals surface area contributed by atoms with Gasteiger partial charge in [0.15, 0.2) is 0 Å². The van der Waals surface area contributed by atoms with Crippen LogP contribution in [0.15, 0.2) is 71.6 Å². The van der Waals surface area contributed by atoms with Crippen molar-refractivity contribution in [2.45, 2.75) is 83.3 Å². The SMILES string of the molecule is CC[C@@H](C(=O)NC1CCCC1)N(Cc1cccc(OC)c1)C(=O)CN(c1ccc(C)c(C)c1)S(=O)(=O)c1ccc(C)cc1. The van der Waals surface area contributed by atoms with Gasteiger partial charge in [0.1, 0.15) is 18.3 Å². The van der Waals surface area contributed by atoms with E-state index in [1.165, 1.54) is 4.90 Å². The molecule has 1 N–H and O–H groups in total. The summed E-state index contributed by atoms with van der Waals surface area (Å²) in [6, 6.07) is 18.6. The number of methoxy groups -OCH3 is 1. The van der Waals surface area contributed by atoms with E-state index in [0.29, 0.717) is 17.9 Å². The Balaban J connectivity index is 1.74. The molecule has 0 radical (unpaired) electrons. The number of nitrogens with zero attached hydrogens (tertiary/aromatic N) is 2. The standard InChI is InChI=1S/C34H43N3O5S/c1-6-32(34(39)35-28-11-7-8-12-28)36(22-27-10-9-13-30(21-27)42-5)33(38)23-37(29-17-16-25(3)26(4)20-29)43(40,41)31-18-14-24(2)15-19-31/h9-10,13-21,28,32H,6-8,11-12,22-23H2,1-5H3,(H,35,39)/t32-/m0/s1. The minimum atomic E-state index is -4.12. The summed E-state index contributed by atoms with van der Waals surface area (Å²) in [4.78, 5) is 29.5. The van der Waals surface area contributed by atoms with Crippen LogP contribution in [0.3, 0.4) is 0 Å². The van der Waals surface area contributed by atoms with Gasteiger partial charge >= 0.3 is 0 Å². The first kappa shape index (κ1) is 32.1. The van der Waals surface area contributed by atoms with Gasteiger partial charge in [-0.05, 0) is 93.1 Å². The van der Waals surface area contributed by atoms with Crippen LogP contribution in [0.25, 0.3) is 0 Å². The van der Waals surface area contributed by atoms with Crippen molar-refractivity contribution in [1.29, 1.82) is 0 Å². The van der Waals surface area contributed by atoms with E-state index in [1.54, 1.807) is 43.5 Å². The average molecular weight is 606 g/mol. The van der Waals surface area contributed by atoms with Crippen LogP contribution in [0.5, 0.6) is 5.75 Å². The molecule has 2 amide bonds. The number of benzene rings is 3. The van der Waals surface area contributed by atoms with Crippen LogP contribution in [-0.2, 0) is 26.2 Å². The number of hydrogen-bond donors (Lipinski definition) is 1. The number of nitrogens with one attached hydrogen (secondary N) is 1. The van der Waals surface area contributed by atoms with Gasteiger partial charge in [-0.3, -0.25) is 13.9 Å². The van der Waals surface area contributed by atoms with Crippen molar-refractivity contribution in [2.24, 2.45) is 0 Å². The monoisotopic (exact) mass is 605 g/mol. The number of aryl methyl sites for hydroxylation is 3. The summed E-state index contributed by atoms with van der Waals surface area (Å²) >= 11 is 0. The molecule has 0 bridgehead atoms. The van der Waals surface area contributed by atoms with Crippen molar-refractivity contribution >= 4 is 27.5 Å². The molecule has 8 nitrogen and oxygen atoms in total. The molecular weight excluding hydrogens is 562 g/mol. The summed E-state index contributed by atoms with van der Waals surface area (Å²) in [6.45, 7) is 7.28. The van der Waals surface area contributed by atoms with Crippen LogP contribution in [0, 0.1) is 20.8 Å². The Morgan fingerprint density at radius 1 is 0.953 bits per heavy atom. The third-order valence-electron chi connectivity index (χ3n) is 8.24. The van der Waals surface area contributed by atoms with Crippen LogP contribution < -0.4 is 14.4 Å². The summed E-state index contributed by atoms with van der Waals surface area (Å²) in [6.07, 6.45) is 4.34. The Bertz CT molecular complexity index is 1530. The van der Waals surface area contributed by atoms with Gasteiger partial charge in [-0.15, -0.1) is 0 Å². The number of rotatable bonds is 12. The number of carbonyl (C=O) groups excluding carboxylic acids is 2. The molecule has 0 spiro atoms. The van der Waals surface area contributed by atoms with E-state index in [9.17, 15) is 18.0 Å². The van der Waals surface area contributed by atoms with Crippen molar-refractivity contribution < 1.29 is 22.7 Å². The Hall–Kier alpha value is -3.85. The number of sulfonamides is 1. The molecule has 3 aromatic rings. The first-order chi connectivity index (χ1) is 20.5. The molecule has 1 fully saturated rings. The lowest BCUT2D eigenvalue weighted by atomic mass is 10.1. The largest absolute Gasteiger partial charge is 0.497 e. The molecule has 3 aromatic carbocycles. The smallest absolute Gasteiger partial charge is 0.264 e. The molecule has 0 saturated heterocycles. The number of anilines is 1. The molecule has 230 valence electrons. The predicted molar refractivity (Wildman–Crippen MR) is 170 cm³/mol. The average Bonchev–Trinajstić information content (AvgIpc) is 3.50. The Morgan fingerprint density at radius 3 is 2.28 bits per heavy atom. The fourth-order valence-electron chi connectivity index (χ4n) is 5.50. The highest BCUT2D eigenvalue weighted by atomic mass is 32.2. The van der Waals surface area contributed by atoms with Gasteiger partial charge in [-0.2, -0.15) is 0 Å². The Labute approximate surface area is 256 Å². The summed E-state index contributed by atoms with van der Waals surface area (Å²) in [5, 5.41) is 3.14. The van der Waals surface area contributed by atoms with Crippen LogP contribution in [0.2, 0.25) is 0 Å². The zero-order valence-electron chi connectivity index (χ0n) is 25.8. The molecule has 0 aromatic heterocycles. The molecule has 1 aliphatic rings. The molecule has 43 heavy (non-hydrogen) atoms. The summed E-state index contributed by atoms with van der Waals surface area (Å²) < 4.78 is 34.8. The molecule has 0 unspecified atom stereocenters. The van der Waals surface area contributed by atoms with E-state index >= 15 is 0 Å². The summed E-state index contributed by atoms with van der Waals surface area (Å²) in [5.74, 6) is -0.0537. The second-order valence-electron chi connectivity index (χ2n) is 11.4. The molecule has 1 aliphatic carbocycles. The highest BCUT2D eigenvalue weighted by Gasteiger charge is 2.34. The van der Waals surface area contributed by atoms with Crippen LogP contribution in [0.4, 0.5) is 5.69 Å². The summed E-state index contributed by atoms with van der Waals surface area (Å²) in [7, 11) is -2.55. The van der Waals surface area contributed by atoms with E-state index in [4.69, 9.17) is 4.74 Å². The highest BCUT2D eigenvalue weighted by Crippen LogP contribution is 2.27. The molecule has 4 rings (SSSR count). The maximum absolute atomic E-state index is 14.3. The Morgan fingerprint density at radius 2 is 1.65 bits per heavy atom. The molecule has 0 heterocycles. The number of ether oxygens (including phenoxy) is 1. The maximum atomic E-state index is 14.3. The van der Waals surface area contributed by atoms with Gasteiger partial charge in [-0.25, -0.2) is 8.42 Å². The predicted octanol–water partition coefficient (Wildman–Crippen LogP) is 5.68. The van der Waals surface area contributed by atoms with Gasteiger partial charge in [0.2, 0.25) is 11.8 Å². The van der Waals surface area contributed by atoms with Crippen molar-refractivity contribution in [2.75, 3.05) is 18.0 Å². The van der Waals surface area contributed by atoms with E-state index in [2.05, 4.69) is 5.32 Å². The zero-order valence-corrected chi connectivity index (χ0v) is 26.6. The fraction of sp³-hybridized carbons (Fsp3) is 0.412. The van der Waals surface area contributed by atoms with E-state index in [0.717, 1.165) is 52.2 Å². The zero-order chi connectivity index (χ0) is 31.1. The molecule has 9 heteroatoms. The molecule has 0 aliphatic heterocycles. The highest BCUT2D eigenvalue weighted by molar-refractivity contribution is 7.92. The van der Waals surface area contributed by atoms with Crippen LogP contribution in [-0.4, -0.2) is 50.9 Å². The van der Waals surface area contributed by atoms with Crippen molar-refractivity contribution in [1.82, 2.24) is 10.2 Å². The van der Waals surface area contributed by atoms with Gasteiger partial charge in [0.05, 0.1) is 17.7 Å². The third-order valence-corrected chi connectivity index (χ3v) is 10.0. The van der Waals surface area contributed by atoms with Gasteiger partial charge in [0, 0.05) is 12.6 Å². The fourth-order valence-corrected chi connectivity index (χ4v) is 6.91. The Kier molecular flexibility index (Phi) is 10.5. The van der Waals surface area contributed by atoms with Crippen molar-refractivity contribution in [3.05, 3.63) is 89.0 Å². The number of hydrogen-bond acceptors (Lipinski definition) is 5. The number of carbonyl (C=O) groups is 2. The van der Waals surface area contributed by atoms with Gasteiger partial charge in [0.25, 0.3) is 10.0 Å². The second-order valence-corrected chi connectivity index (χ2v) is 13.2. The van der Waals surface area contributed by atoms with E-state index in [-0.39, 0.29) is 23.4 Å². The van der Waals surface area contributed by atoms with Crippen LogP contribution in [0.1, 0.15) is 61.3 Å². The third kappa shape index (κ3) is 7.76. The lowest BCUT2D eigenvalue weighted by Gasteiger charge is -2.34. The van der Waals surface area contributed by atoms with Gasteiger partial charge < -0.3 is 15.0 Å². The second kappa shape index (κ2) is 14.1. The normalized spacial score (nSPS) is 14.3. The lowest BCUT2D eigenvalue weighted by molar-refractivity contribution is -0.140. The van der Waals surface area contributed by atoms with E-state index in [1.807, 2.05) is 58.0 Å². The molecular formula is C34H43N3O5S. The lowest BCUT2D eigenvalue weighted by Crippen LogP contribution is -2.53. The quantitative estimate of drug-likeness (QED) is 0.287. The first-order valence-corrected chi connectivity index (χ1v) is 16.4. The maximum Gasteiger partial charge on any atom is 0.264 e. The minimum absolute atomic E-state index is 0.0873. The molecule has 1 atom stereocenters. The topological polar surface area (TPSA) is 96.0 Å². The van der Waals surface area contributed by atoms with E-state index < -0.39 is 28.5 Å². The van der Waals surface area contributed by atoms with Crippen molar-refractivity contribution in [3.63, 3.8) is 0 Å². The molecule has 1 saturated carbocycles. The van der Waals surface area contributed by atoms with Crippen molar-refractivity contribution in [3.8, 4) is 5.75 Å². The minimum Gasteiger partial charge on any atom is -0.497 e. The summed E-state index contributed by atoms with van der Waals surface area (Å²) in [5.41, 5.74) is 4.01.